The van der Waals surface area contributed by atoms with E-state index in [1.165, 1.54) is 16.2 Å². The molecule has 0 bridgehead atoms. The molecule has 0 aliphatic carbocycles. The summed E-state index contributed by atoms with van der Waals surface area (Å²) in [6, 6.07) is 27.8. The lowest BCUT2D eigenvalue weighted by Gasteiger charge is -2.10. The normalized spacial score (nSPS) is 11.1. The summed E-state index contributed by atoms with van der Waals surface area (Å²) in [6.45, 7) is 0. The highest BCUT2D eigenvalue weighted by atomic mass is 16.5. The molecule has 0 spiro atoms. The summed E-state index contributed by atoms with van der Waals surface area (Å²) in [4.78, 5) is 9.12. The van der Waals surface area contributed by atoms with Crippen molar-refractivity contribution in [1.82, 2.24) is 9.97 Å². The van der Waals surface area contributed by atoms with E-state index in [9.17, 15) is 5.11 Å². The highest BCUT2D eigenvalue weighted by Crippen LogP contribution is 2.32. The predicted octanol–water partition coefficient (Wildman–Crippen LogP) is 5.83. The van der Waals surface area contributed by atoms with E-state index in [4.69, 9.17) is 9.72 Å². The molecule has 0 saturated carbocycles. The van der Waals surface area contributed by atoms with Gasteiger partial charge in [-0.1, -0.05) is 48.5 Å². The summed E-state index contributed by atoms with van der Waals surface area (Å²) in [5, 5.41) is 14.9. The van der Waals surface area contributed by atoms with Crippen molar-refractivity contribution in [3.63, 3.8) is 0 Å². The highest BCUT2D eigenvalue weighted by Gasteiger charge is 2.12. The first-order valence-corrected chi connectivity index (χ1v) is 9.36. The first-order valence-electron chi connectivity index (χ1n) is 9.36. The van der Waals surface area contributed by atoms with Crippen molar-refractivity contribution in [2.24, 2.45) is 0 Å². The van der Waals surface area contributed by atoms with Crippen LogP contribution in [0.3, 0.4) is 0 Å². The minimum Gasteiger partial charge on any atom is -0.507 e. The number of phenolic OH excluding ortho intramolecular Hbond substituents is 1. The maximum atomic E-state index is 10.2. The molecule has 0 fully saturated rings. The van der Waals surface area contributed by atoms with Crippen molar-refractivity contribution in [1.29, 1.82) is 0 Å². The number of rotatable bonds is 3. The molecule has 4 heteroatoms. The van der Waals surface area contributed by atoms with Gasteiger partial charge in [0.1, 0.15) is 5.75 Å². The van der Waals surface area contributed by atoms with Crippen LogP contribution in [0.15, 0.2) is 84.9 Å². The lowest BCUT2D eigenvalue weighted by Crippen LogP contribution is -1.96. The number of aromatic hydroxyl groups is 1. The first kappa shape index (κ1) is 17.2. The van der Waals surface area contributed by atoms with E-state index in [1.807, 2.05) is 24.3 Å². The van der Waals surface area contributed by atoms with Crippen LogP contribution < -0.4 is 4.74 Å². The van der Waals surface area contributed by atoms with Crippen LogP contribution >= 0.6 is 0 Å². The van der Waals surface area contributed by atoms with Crippen molar-refractivity contribution < 1.29 is 9.84 Å². The summed E-state index contributed by atoms with van der Waals surface area (Å²) in [5.74, 6) is 1.01. The molecule has 0 atom stereocenters. The van der Waals surface area contributed by atoms with Gasteiger partial charge in [-0.25, -0.2) is 4.98 Å². The van der Waals surface area contributed by atoms with Crippen LogP contribution in [-0.2, 0) is 0 Å². The number of phenols is 1. The number of nitrogens with zero attached hydrogens (tertiary/aromatic N) is 2. The molecule has 0 radical (unpaired) electrons. The van der Waals surface area contributed by atoms with Crippen molar-refractivity contribution in [3.8, 4) is 34.3 Å². The number of aromatic nitrogens is 2. The molecule has 0 unspecified atom stereocenters. The topological polar surface area (TPSA) is 55.2 Å². The van der Waals surface area contributed by atoms with Crippen molar-refractivity contribution in [3.05, 3.63) is 84.9 Å². The van der Waals surface area contributed by atoms with E-state index in [1.54, 1.807) is 25.3 Å². The fourth-order valence-corrected chi connectivity index (χ4v) is 3.56. The van der Waals surface area contributed by atoms with Crippen molar-refractivity contribution in [2.45, 2.75) is 0 Å². The van der Waals surface area contributed by atoms with Gasteiger partial charge in [0.05, 0.1) is 18.4 Å². The zero-order chi connectivity index (χ0) is 19.8. The minimum absolute atomic E-state index is 0.136. The van der Waals surface area contributed by atoms with Crippen molar-refractivity contribution in [2.75, 3.05) is 7.11 Å². The van der Waals surface area contributed by atoms with Gasteiger partial charge in [0.25, 0.3) is 0 Å². The lowest BCUT2D eigenvalue weighted by molar-refractivity contribution is 0.397. The Kier molecular flexibility index (Phi) is 4.10. The zero-order valence-electron chi connectivity index (χ0n) is 15.8. The number of hydrogen-bond acceptors (Lipinski definition) is 4. The van der Waals surface area contributed by atoms with Crippen LogP contribution in [0.5, 0.6) is 11.6 Å². The minimum atomic E-state index is 0.136. The molecule has 1 heterocycles. The van der Waals surface area contributed by atoms with Gasteiger partial charge in [-0.05, 0) is 51.9 Å². The number of ether oxygens (including phenoxy) is 1. The molecule has 0 amide bonds. The van der Waals surface area contributed by atoms with Gasteiger partial charge in [-0.2, -0.15) is 4.98 Å². The third-order valence-corrected chi connectivity index (χ3v) is 5.06. The molecule has 4 aromatic carbocycles. The average Bonchev–Trinajstić information content (AvgIpc) is 2.77. The number of hydrogen-bond donors (Lipinski definition) is 1. The van der Waals surface area contributed by atoms with E-state index in [0.29, 0.717) is 17.3 Å². The monoisotopic (exact) mass is 378 g/mol. The van der Waals surface area contributed by atoms with Crippen molar-refractivity contribution >= 4 is 21.5 Å². The van der Waals surface area contributed by atoms with E-state index >= 15 is 0 Å². The van der Waals surface area contributed by atoms with Crippen LogP contribution in [-0.4, -0.2) is 22.2 Å². The molecule has 5 aromatic rings. The van der Waals surface area contributed by atoms with Gasteiger partial charge in [0, 0.05) is 11.6 Å². The van der Waals surface area contributed by atoms with E-state index < -0.39 is 0 Å². The second-order valence-corrected chi connectivity index (χ2v) is 6.90. The summed E-state index contributed by atoms with van der Waals surface area (Å²) >= 11 is 0. The Morgan fingerprint density at radius 1 is 0.690 bits per heavy atom. The van der Waals surface area contributed by atoms with E-state index in [0.717, 1.165) is 16.6 Å². The molecule has 5 rings (SSSR count). The highest BCUT2D eigenvalue weighted by molar-refractivity contribution is 5.99. The predicted molar refractivity (Wildman–Crippen MR) is 116 cm³/mol. The summed E-state index contributed by atoms with van der Waals surface area (Å²) in [5.41, 5.74) is 2.27. The molecule has 0 saturated heterocycles. The quantitative estimate of drug-likeness (QED) is 0.401. The van der Waals surface area contributed by atoms with Crippen LogP contribution in [0.4, 0.5) is 0 Å². The summed E-state index contributed by atoms with van der Waals surface area (Å²) in [6.07, 6.45) is 0. The molecule has 29 heavy (non-hydrogen) atoms. The Bertz CT molecular complexity index is 1360. The van der Waals surface area contributed by atoms with Gasteiger partial charge in [0.2, 0.25) is 5.88 Å². The zero-order valence-corrected chi connectivity index (χ0v) is 15.8. The second kappa shape index (κ2) is 6.91. The molecule has 1 aromatic heterocycles. The maximum absolute atomic E-state index is 10.2. The largest absolute Gasteiger partial charge is 0.507 e. The fraction of sp³-hybridized carbons (Fsp3) is 0.0400. The van der Waals surface area contributed by atoms with Gasteiger partial charge in [-0.3, -0.25) is 0 Å². The van der Waals surface area contributed by atoms with Gasteiger partial charge in [0.15, 0.2) is 5.82 Å². The standard InChI is InChI=1S/C25H18N2O2/c1-29-24-15-22(26-25(27-24)21-8-4-5-9-23(21)28)19-11-10-18-12-16-6-2-3-7-17(16)13-20(18)14-19/h2-15,28H,1H3. The third kappa shape index (κ3) is 3.15. The number of methoxy groups -OCH3 is 1. The maximum Gasteiger partial charge on any atom is 0.217 e. The fourth-order valence-electron chi connectivity index (χ4n) is 3.56. The molecule has 4 nitrogen and oxygen atoms in total. The Balaban J connectivity index is 1.68. The summed E-state index contributed by atoms with van der Waals surface area (Å²) in [7, 11) is 1.58. The van der Waals surface area contributed by atoms with Gasteiger partial charge >= 0.3 is 0 Å². The molecule has 0 aliphatic heterocycles. The SMILES string of the molecule is COc1cc(-c2ccc3cc4ccccc4cc3c2)nc(-c2ccccc2O)n1. The first-order chi connectivity index (χ1) is 14.2. The Morgan fingerprint density at radius 2 is 1.38 bits per heavy atom. The molecule has 0 aliphatic rings. The Labute approximate surface area is 168 Å². The van der Waals surface area contributed by atoms with Crippen LogP contribution in [0.1, 0.15) is 0 Å². The van der Waals surface area contributed by atoms with E-state index in [-0.39, 0.29) is 5.75 Å². The third-order valence-electron chi connectivity index (χ3n) is 5.06. The number of benzene rings is 4. The molecular formula is C25H18N2O2. The Morgan fingerprint density at radius 3 is 2.14 bits per heavy atom. The molecule has 1 N–H and O–H groups in total. The number of para-hydroxylation sites is 1. The van der Waals surface area contributed by atoms with Crippen LogP contribution in [0.2, 0.25) is 0 Å². The average molecular weight is 378 g/mol. The van der Waals surface area contributed by atoms with Gasteiger partial charge < -0.3 is 9.84 Å². The smallest absolute Gasteiger partial charge is 0.217 e. The van der Waals surface area contributed by atoms with E-state index in [2.05, 4.69) is 47.4 Å². The van der Waals surface area contributed by atoms with Gasteiger partial charge in [-0.15, -0.1) is 0 Å². The van der Waals surface area contributed by atoms with Crippen LogP contribution in [0.25, 0.3) is 44.2 Å². The Hall–Kier alpha value is -3.92. The van der Waals surface area contributed by atoms with Crippen LogP contribution in [0, 0.1) is 0 Å². The molecular weight excluding hydrogens is 360 g/mol. The number of fused-ring (bicyclic) bond motifs is 2. The second-order valence-electron chi connectivity index (χ2n) is 6.90. The summed E-state index contributed by atoms with van der Waals surface area (Å²) < 4.78 is 5.39. The lowest BCUT2D eigenvalue weighted by atomic mass is 10.0. The molecule has 140 valence electrons.